The predicted molar refractivity (Wildman–Crippen MR) is 53.8 cm³/mol. The van der Waals surface area contributed by atoms with E-state index in [0.29, 0.717) is 6.54 Å². The Morgan fingerprint density at radius 2 is 1.92 bits per heavy atom. The van der Waals surface area contributed by atoms with Gasteiger partial charge in [-0.25, -0.2) is 0 Å². The summed E-state index contributed by atoms with van der Waals surface area (Å²) in [6, 6.07) is 10.4. The van der Waals surface area contributed by atoms with Crippen molar-refractivity contribution in [1.82, 2.24) is 5.06 Å². The van der Waals surface area contributed by atoms with Crippen molar-refractivity contribution in [3.05, 3.63) is 35.9 Å². The van der Waals surface area contributed by atoms with E-state index in [1.807, 2.05) is 25.1 Å². The number of rotatable bonds is 5. The molecule has 1 rings (SSSR count). The molecule has 1 aromatic rings. The number of hydrogen-bond acceptors (Lipinski definition) is 2. The summed E-state index contributed by atoms with van der Waals surface area (Å²) in [4.78, 5) is 0. The van der Waals surface area contributed by atoms with E-state index in [2.05, 4.69) is 12.1 Å². The highest BCUT2D eigenvalue weighted by Gasteiger charge is 1.96. The van der Waals surface area contributed by atoms with Crippen LogP contribution in [0.25, 0.3) is 0 Å². The summed E-state index contributed by atoms with van der Waals surface area (Å²) in [5, 5.41) is 10.5. The van der Waals surface area contributed by atoms with Crippen LogP contribution in [0.2, 0.25) is 0 Å². The van der Waals surface area contributed by atoms with Crippen LogP contribution < -0.4 is 0 Å². The molecule has 0 saturated carbocycles. The number of nitrogens with zero attached hydrogens (tertiary/aromatic N) is 1. The maximum absolute atomic E-state index is 9.17. The van der Waals surface area contributed by atoms with Crippen LogP contribution in [0.4, 0.5) is 0 Å². The first-order chi connectivity index (χ1) is 6.33. The molecule has 72 valence electrons. The second-order valence-corrected chi connectivity index (χ2v) is 3.14. The Balaban J connectivity index is 2.20. The van der Waals surface area contributed by atoms with Crippen LogP contribution in [-0.2, 0) is 6.42 Å². The Kier molecular flexibility index (Phi) is 4.50. The van der Waals surface area contributed by atoms with E-state index in [1.165, 1.54) is 10.6 Å². The zero-order valence-electron chi connectivity index (χ0n) is 8.11. The third kappa shape index (κ3) is 4.06. The van der Waals surface area contributed by atoms with Crippen molar-refractivity contribution in [2.24, 2.45) is 0 Å². The molecule has 1 aromatic carbocycles. The van der Waals surface area contributed by atoms with Gasteiger partial charge in [-0.2, -0.15) is 5.06 Å². The van der Waals surface area contributed by atoms with Gasteiger partial charge < -0.3 is 5.21 Å². The highest BCUT2D eigenvalue weighted by Crippen LogP contribution is 2.02. The monoisotopic (exact) mass is 179 g/mol. The first-order valence-electron chi connectivity index (χ1n) is 4.80. The van der Waals surface area contributed by atoms with Crippen LogP contribution in [-0.4, -0.2) is 23.4 Å². The van der Waals surface area contributed by atoms with Gasteiger partial charge in [-0.3, -0.25) is 0 Å². The van der Waals surface area contributed by atoms with Gasteiger partial charge in [0.2, 0.25) is 0 Å². The van der Waals surface area contributed by atoms with Gasteiger partial charge in [0, 0.05) is 13.1 Å². The van der Waals surface area contributed by atoms with Crippen LogP contribution in [0, 0.1) is 0 Å². The minimum atomic E-state index is 0.703. The summed E-state index contributed by atoms with van der Waals surface area (Å²) in [6.07, 6.45) is 2.05. The quantitative estimate of drug-likeness (QED) is 0.701. The Morgan fingerprint density at radius 3 is 2.54 bits per heavy atom. The molecule has 0 aliphatic rings. The molecule has 0 atom stereocenters. The van der Waals surface area contributed by atoms with Gasteiger partial charge >= 0.3 is 0 Å². The third-order valence-corrected chi connectivity index (χ3v) is 2.09. The topological polar surface area (TPSA) is 23.5 Å². The van der Waals surface area contributed by atoms with Crippen LogP contribution >= 0.6 is 0 Å². The van der Waals surface area contributed by atoms with E-state index in [9.17, 15) is 0 Å². The Labute approximate surface area is 79.8 Å². The molecule has 0 saturated heterocycles. The third-order valence-electron chi connectivity index (χ3n) is 2.09. The summed E-state index contributed by atoms with van der Waals surface area (Å²) < 4.78 is 0. The molecule has 0 amide bonds. The summed E-state index contributed by atoms with van der Waals surface area (Å²) in [7, 11) is 0. The van der Waals surface area contributed by atoms with Crippen molar-refractivity contribution in [1.29, 1.82) is 0 Å². The van der Waals surface area contributed by atoms with Crippen molar-refractivity contribution in [2.75, 3.05) is 13.1 Å². The van der Waals surface area contributed by atoms with Crippen LogP contribution in [0.15, 0.2) is 30.3 Å². The van der Waals surface area contributed by atoms with Gasteiger partial charge in [0.15, 0.2) is 0 Å². The van der Waals surface area contributed by atoms with Crippen molar-refractivity contribution in [3.8, 4) is 0 Å². The van der Waals surface area contributed by atoms with E-state index < -0.39 is 0 Å². The summed E-state index contributed by atoms with van der Waals surface area (Å²) in [5.74, 6) is 0. The average molecular weight is 179 g/mol. The largest absolute Gasteiger partial charge is 0.314 e. The lowest BCUT2D eigenvalue weighted by Crippen LogP contribution is -2.19. The van der Waals surface area contributed by atoms with Gasteiger partial charge in [0.05, 0.1) is 0 Å². The van der Waals surface area contributed by atoms with Crippen molar-refractivity contribution in [2.45, 2.75) is 19.8 Å². The van der Waals surface area contributed by atoms with Crippen molar-refractivity contribution < 1.29 is 5.21 Å². The molecule has 0 bridgehead atoms. The first kappa shape index (κ1) is 10.2. The van der Waals surface area contributed by atoms with Gasteiger partial charge in [-0.15, -0.1) is 0 Å². The fraction of sp³-hybridized carbons (Fsp3) is 0.455. The van der Waals surface area contributed by atoms with E-state index in [0.717, 1.165) is 19.4 Å². The van der Waals surface area contributed by atoms with Crippen LogP contribution in [0.3, 0.4) is 0 Å². The molecule has 0 aromatic heterocycles. The lowest BCUT2D eigenvalue weighted by atomic mass is 10.1. The minimum absolute atomic E-state index is 0.703. The molecule has 0 aliphatic carbocycles. The fourth-order valence-electron chi connectivity index (χ4n) is 1.27. The molecule has 0 spiro atoms. The molecular weight excluding hydrogens is 162 g/mol. The lowest BCUT2D eigenvalue weighted by Gasteiger charge is -2.10. The molecule has 0 radical (unpaired) electrons. The van der Waals surface area contributed by atoms with Crippen LogP contribution in [0.1, 0.15) is 18.9 Å². The second-order valence-electron chi connectivity index (χ2n) is 3.14. The van der Waals surface area contributed by atoms with Gasteiger partial charge in [-0.05, 0) is 18.4 Å². The number of benzene rings is 1. The molecule has 0 heterocycles. The smallest absolute Gasteiger partial charge is 0.0241 e. The second kappa shape index (κ2) is 5.73. The van der Waals surface area contributed by atoms with E-state index in [-0.39, 0.29) is 0 Å². The summed E-state index contributed by atoms with van der Waals surface area (Å²) >= 11 is 0. The highest BCUT2D eigenvalue weighted by atomic mass is 16.5. The normalized spacial score (nSPS) is 10.7. The molecular formula is C11H17NO. The Morgan fingerprint density at radius 1 is 1.23 bits per heavy atom. The molecule has 0 unspecified atom stereocenters. The first-order valence-corrected chi connectivity index (χ1v) is 4.80. The van der Waals surface area contributed by atoms with E-state index in [1.54, 1.807) is 0 Å². The van der Waals surface area contributed by atoms with E-state index in [4.69, 9.17) is 5.21 Å². The number of hydroxylamine groups is 2. The molecule has 1 N–H and O–H groups in total. The van der Waals surface area contributed by atoms with Gasteiger partial charge in [-0.1, -0.05) is 37.3 Å². The van der Waals surface area contributed by atoms with E-state index >= 15 is 0 Å². The Hall–Kier alpha value is -0.860. The number of aryl methyl sites for hydroxylation is 1. The van der Waals surface area contributed by atoms with Gasteiger partial charge in [0.25, 0.3) is 0 Å². The zero-order valence-corrected chi connectivity index (χ0v) is 8.11. The summed E-state index contributed by atoms with van der Waals surface area (Å²) in [5.41, 5.74) is 1.34. The average Bonchev–Trinajstić information content (AvgIpc) is 2.19. The van der Waals surface area contributed by atoms with Crippen molar-refractivity contribution in [3.63, 3.8) is 0 Å². The maximum atomic E-state index is 9.17. The number of hydrogen-bond donors (Lipinski definition) is 1. The minimum Gasteiger partial charge on any atom is -0.314 e. The molecule has 2 nitrogen and oxygen atoms in total. The molecule has 0 fully saturated rings. The maximum Gasteiger partial charge on any atom is 0.0241 e. The zero-order chi connectivity index (χ0) is 9.52. The summed E-state index contributed by atoms with van der Waals surface area (Å²) in [6.45, 7) is 3.41. The van der Waals surface area contributed by atoms with Gasteiger partial charge in [0.1, 0.15) is 0 Å². The predicted octanol–water partition coefficient (Wildman–Crippen LogP) is 2.33. The highest BCUT2D eigenvalue weighted by molar-refractivity contribution is 5.14. The molecule has 13 heavy (non-hydrogen) atoms. The fourth-order valence-corrected chi connectivity index (χ4v) is 1.27. The molecule has 0 aliphatic heterocycles. The molecule has 2 heteroatoms. The van der Waals surface area contributed by atoms with Crippen molar-refractivity contribution >= 4 is 0 Å². The Bertz CT molecular complexity index is 223. The SMILES string of the molecule is CCN(O)CCCc1ccccc1. The lowest BCUT2D eigenvalue weighted by molar-refractivity contribution is -0.0865. The van der Waals surface area contributed by atoms with Crippen LogP contribution in [0.5, 0.6) is 0 Å². The standard InChI is InChI=1S/C11H17NO/c1-2-12(13)10-6-9-11-7-4-3-5-8-11/h3-5,7-8,13H,2,6,9-10H2,1H3.